The van der Waals surface area contributed by atoms with Gasteiger partial charge in [-0.25, -0.2) is 9.07 Å². The smallest absolute Gasteiger partial charge is 0.123 e. The zero-order valence-electron chi connectivity index (χ0n) is 22.6. The Morgan fingerprint density at radius 3 is 2.55 bits per heavy atom. The van der Waals surface area contributed by atoms with Gasteiger partial charge in [-0.1, -0.05) is 43.3 Å². The molecule has 5 rings (SSSR count). The van der Waals surface area contributed by atoms with Crippen LogP contribution >= 0.6 is 0 Å². The average molecular weight is 512 g/mol. The van der Waals surface area contributed by atoms with Crippen molar-refractivity contribution in [1.29, 1.82) is 0 Å². The lowest BCUT2D eigenvalue weighted by Crippen LogP contribution is -2.22. The second-order valence-corrected chi connectivity index (χ2v) is 10.6. The number of ether oxygens (including phenoxy) is 1. The van der Waals surface area contributed by atoms with Gasteiger partial charge in [-0.15, -0.1) is 0 Å². The molecule has 0 saturated carbocycles. The Hall–Kier alpha value is -3.31. The number of halogens is 1. The molecule has 0 amide bonds. The lowest BCUT2D eigenvalue weighted by molar-refractivity contribution is 0.0482. The van der Waals surface area contributed by atoms with Gasteiger partial charge in [-0.2, -0.15) is 5.10 Å². The van der Waals surface area contributed by atoms with Crippen LogP contribution in [0.4, 0.5) is 4.39 Å². The molecular weight excluding hydrogens is 473 g/mol. The molecule has 3 aromatic rings. The van der Waals surface area contributed by atoms with E-state index < -0.39 is 0 Å². The van der Waals surface area contributed by atoms with E-state index in [-0.39, 0.29) is 5.82 Å². The second kappa shape index (κ2) is 12.5. The minimum absolute atomic E-state index is 0.250. The molecule has 0 N–H and O–H groups in total. The number of benzene rings is 2. The van der Waals surface area contributed by atoms with Crippen LogP contribution in [0.1, 0.15) is 68.3 Å². The maximum absolute atomic E-state index is 13.5. The first kappa shape index (κ1) is 26.3. The van der Waals surface area contributed by atoms with Crippen LogP contribution in [-0.4, -0.2) is 28.7 Å². The molecule has 0 radical (unpaired) electrons. The molecular formula is C33H38FN3O. The topological polar surface area (TPSA) is 39.4 Å². The molecule has 5 heteroatoms. The Morgan fingerprint density at radius 2 is 1.79 bits per heavy atom. The highest BCUT2D eigenvalue weighted by atomic mass is 19.1. The fourth-order valence-corrected chi connectivity index (χ4v) is 5.51. The SMILES string of the molecule is CC(=NCc1ccc(CCC(C)C2CCOCC2)cc1)/C1=C/CCC=Cc2c1cnn2-c1ccc(F)cc1. The van der Waals surface area contributed by atoms with E-state index in [2.05, 4.69) is 61.4 Å². The molecule has 2 aliphatic rings. The number of aliphatic imine (C=N–C) groups is 1. The van der Waals surface area contributed by atoms with Gasteiger partial charge < -0.3 is 4.74 Å². The van der Waals surface area contributed by atoms with Crippen molar-refractivity contribution in [2.45, 2.75) is 58.9 Å². The Labute approximate surface area is 226 Å². The van der Waals surface area contributed by atoms with Gasteiger partial charge in [0.2, 0.25) is 0 Å². The largest absolute Gasteiger partial charge is 0.381 e. The van der Waals surface area contributed by atoms with Gasteiger partial charge in [0.15, 0.2) is 0 Å². The number of rotatable bonds is 8. The molecule has 0 bridgehead atoms. The number of fused-ring (bicyclic) bond motifs is 1. The fourth-order valence-electron chi connectivity index (χ4n) is 5.51. The summed E-state index contributed by atoms with van der Waals surface area (Å²) in [5, 5.41) is 4.64. The summed E-state index contributed by atoms with van der Waals surface area (Å²) < 4.78 is 20.9. The quantitative estimate of drug-likeness (QED) is 0.289. The van der Waals surface area contributed by atoms with Crippen molar-refractivity contribution in [3.63, 3.8) is 0 Å². The number of hydrogen-bond donors (Lipinski definition) is 0. The summed E-state index contributed by atoms with van der Waals surface area (Å²) in [6.45, 7) is 6.99. The van der Waals surface area contributed by atoms with Crippen LogP contribution in [0.5, 0.6) is 0 Å². The molecule has 4 nitrogen and oxygen atoms in total. The standard InChI is InChI=1S/C33H38FN3O/c1-24(28-18-20-38-21-19-28)8-9-26-10-12-27(13-11-26)22-35-25(2)31-6-4-3-5-7-33-32(31)23-36-37(33)30-16-14-29(34)15-17-30/h5-7,10-17,23-24,28H,3-4,8-9,18-22H2,1-2H3/b7-5?,31-6-,35-25?. The second-order valence-electron chi connectivity index (χ2n) is 10.6. The average Bonchev–Trinajstić information content (AvgIpc) is 3.34. The Bertz CT molecular complexity index is 1300. The van der Waals surface area contributed by atoms with E-state index in [0.29, 0.717) is 6.54 Å². The lowest BCUT2D eigenvalue weighted by Gasteiger charge is -2.27. The Balaban J connectivity index is 1.25. The van der Waals surface area contributed by atoms with Crippen LogP contribution in [0.15, 0.2) is 71.9 Å². The summed E-state index contributed by atoms with van der Waals surface area (Å²) in [6.07, 6.45) is 15.1. The van der Waals surface area contributed by atoms with E-state index in [1.54, 1.807) is 12.1 Å². The first-order valence-corrected chi connectivity index (χ1v) is 14.0. The zero-order valence-corrected chi connectivity index (χ0v) is 22.6. The van der Waals surface area contributed by atoms with E-state index in [9.17, 15) is 4.39 Å². The minimum atomic E-state index is -0.250. The summed E-state index contributed by atoms with van der Waals surface area (Å²) in [5.41, 5.74) is 7.65. The van der Waals surface area contributed by atoms with E-state index in [1.165, 1.54) is 42.5 Å². The van der Waals surface area contributed by atoms with E-state index in [4.69, 9.17) is 9.73 Å². The fraction of sp³-hybridized carbons (Fsp3) is 0.394. The molecule has 1 saturated heterocycles. The summed E-state index contributed by atoms with van der Waals surface area (Å²) in [7, 11) is 0. The van der Waals surface area contributed by atoms with Crippen molar-refractivity contribution < 1.29 is 9.13 Å². The van der Waals surface area contributed by atoms with Crippen LogP contribution < -0.4 is 0 Å². The van der Waals surface area contributed by atoms with Gasteiger partial charge >= 0.3 is 0 Å². The van der Waals surface area contributed by atoms with Crippen LogP contribution in [0, 0.1) is 17.7 Å². The van der Waals surface area contributed by atoms with Crippen molar-refractivity contribution in [3.05, 3.63) is 95.1 Å². The third-order valence-electron chi connectivity index (χ3n) is 8.00. The molecule has 1 fully saturated rings. The van der Waals surface area contributed by atoms with Crippen molar-refractivity contribution in [2.24, 2.45) is 16.8 Å². The van der Waals surface area contributed by atoms with E-state index in [0.717, 1.165) is 72.5 Å². The highest BCUT2D eigenvalue weighted by molar-refractivity contribution is 6.23. The van der Waals surface area contributed by atoms with Crippen LogP contribution in [0.2, 0.25) is 0 Å². The lowest BCUT2D eigenvalue weighted by atomic mass is 9.84. The van der Waals surface area contributed by atoms with Crippen molar-refractivity contribution in [3.8, 4) is 5.69 Å². The van der Waals surface area contributed by atoms with Gasteiger partial charge in [-0.05, 0) is 98.8 Å². The van der Waals surface area contributed by atoms with Gasteiger partial charge in [0, 0.05) is 30.1 Å². The van der Waals surface area contributed by atoms with Crippen molar-refractivity contribution >= 4 is 17.4 Å². The molecule has 2 aromatic carbocycles. The summed E-state index contributed by atoms with van der Waals surface area (Å²) in [4.78, 5) is 4.97. The normalized spacial score (nSPS) is 18.8. The van der Waals surface area contributed by atoms with Gasteiger partial charge in [0.1, 0.15) is 5.82 Å². The van der Waals surface area contributed by atoms with Crippen molar-refractivity contribution in [2.75, 3.05) is 13.2 Å². The third-order valence-corrected chi connectivity index (χ3v) is 8.00. The van der Waals surface area contributed by atoms with Gasteiger partial charge in [0.25, 0.3) is 0 Å². The summed E-state index contributed by atoms with van der Waals surface area (Å²) >= 11 is 0. The number of allylic oxidation sites excluding steroid dienone is 3. The molecule has 1 aliphatic heterocycles. The highest BCUT2D eigenvalue weighted by Crippen LogP contribution is 2.29. The predicted octanol–water partition coefficient (Wildman–Crippen LogP) is 7.86. The number of aryl methyl sites for hydroxylation is 1. The Morgan fingerprint density at radius 1 is 1.05 bits per heavy atom. The number of hydrogen-bond acceptors (Lipinski definition) is 3. The zero-order chi connectivity index (χ0) is 26.3. The molecule has 1 aromatic heterocycles. The third kappa shape index (κ3) is 6.39. The molecule has 1 atom stereocenters. The van der Waals surface area contributed by atoms with Crippen LogP contribution in [-0.2, 0) is 17.7 Å². The van der Waals surface area contributed by atoms with E-state index >= 15 is 0 Å². The molecule has 38 heavy (non-hydrogen) atoms. The first-order chi connectivity index (χ1) is 18.6. The monoisotopic (exact) mass is 511 g/mol. The molecule has 2 heterocycles. The van der Waals surface area contributed by atoms with Crippen LogP contribution in [0.3, 0.4) is 0 Å². The first-order valence-electron chi connectivity index (χ1n) is 14.0. The van der Waals surface area contributed by atoms with E-state index in [1.807, 2.05) is 10.9 Å². The molecule has 198 valence electrons. The highest BCUT2D eigenvalue weighted by Gasteiger charge is 2.20. The maximum Gasteiger partial charge on any atom is 0.123 e. The molecule has 1 aliphatic carbocycles. The minimum Gasteiger partial charge on any atom is -0.381 e. The summed E-state index contributed by atoms with van der Waals surface area (Å²) in [5.74, 6) is 1.30. The molecule has 1 unspecified atom stereocenters. The molecule has 0 spiro atoms. The van der Waals surface area contributed by atoms with Crippen molar-refractivity contribution in [1.82, 2.24) is 9.78 Å². The van der Waals surface area contributed by atoms with Crippen LogP contribution in [0.25, 0.3) is 17.3 Å². The summed E-state index contributed by atoms with van der Waals surface area (Å²) in [6, 6.07) is 15.4. The number of nitrogens with zero attached hydrogens (tertiary/aromatic N) is 3. The number of aromatic nitrogens is 2. The maximum atomic E-state index is 13.5. The van der Waals surface area contributed by atoms with Gasteiger partial charge in [0.05, 0.1) is 24.1 Å². The predicted molar refractivity (Wildman–Crippen MR) is 154 cm³/mol. The van der Waals surface area contributed by atoms with Gasteiger partial charge in [-0.3, -0.25) is 4.99 Å². The Kier molecular flexibility index (Phi) is 8.65.